The first-order chi connectivity index (χ1) is 8.15. The van der Waals surface area contributed by atoms with Crippen molar-refractivity contribution in [3.8, 4) is 0 Å². The van der Waals surface area contributed by atoms with Crippen molar-refractivity contribution in [3.63, 3.8) is 0 Å². The highest BCUT2D eigenvalue weighted by molar-refractivity contribution is 9.10. The fourth-order valence-electron chi connectivity index (χ4n) is 2.90. The van der Waals surface area contributed by atoms with E-state index >= 15 is 0 Å². The monoisotopic (exact) mass is 296 g/mol. The molecule has 2 heteroatoms. The third kappa shape index (κ3) is 3.82. The van der Waals surface area contributed by atoms with Crippen LogP contribution >= 0.6 is 15.9 Å². The van der Waals surface area contributed by atoms with Gasteiger partial charge in [-0.25, -0.2) is 0 Å². The Bertz CT molecular complexity index is 364. The first kappa shape index (κ1) is 13.1. The zero-order valence-electron chi connectivity index (χ0n) is 10.4. The van der Waals surface area contributed by atoms with Gasteiger partial charge in [0.2, 0.25) is 0 Å². The summed E-state index contributed by atoms with van der Waals surface area (Å²) in [5.74, 6) is 1.28. The molecule has 0 spiro atoms. The Morgan fingerprint density at radius 3 is 2.94 bits per heavy atom. The molecule has 1 fully saturated rings. The molecular formula is C15H21BrO. The van der Waals surface area contributed by atoms with E-state index in [1.165, 1.54) is 31.2 Å². The lowest BCUT2D eigenvalue weighted by Gasteiger charge is -2.30. The lowest BCUT2D eigenvalue weighted by atomic mass is 9.78. The molecule has 0 aromatic heterocycles. The van der Waals surface area contributed by atoms with Crippen molar-refractivity contribution in [2.45, 2.75) is 45.1 Å². The van der Waals surface area contributed by atoms with Gasteiger partial charge in [-0.05, 0) is 48.8 Å². The number of hydrogen-bond donors (Lipinski definition) is 1. The van der Waals surface area contributed by atoms with Gasteiger partial charge in [0.15, 0.2) is 0 Å². The van der Waals surface area contributed by atoms with Crippen molar-refractivity contribution in [1.82, 2.24) is 0 Å². The van der Waals surface area contributed by atoms with Crippen LogP contribution in [0.1, 0.15) is 38.2 Å². The highest BCUT2D eigenvalue weighted by atomic mass is 79.9. The average Bonchev–Trinajstić information content (AvgIpc) is 2.29. The van der Waals surface area contributed by atoms with E-state index in [1.54, 1.807) is 0 Å². The normalized spacial score (nSPS) is 26.8. The van der Waals surface area contributed by atoms with Crippen molar-refractivity contribution in [2.75, 3.05) is 0 Å². The van der Waals surface area contributed by atoms with Gasteiger partial charge in [-0.1, -0.05) is 47.8 Å². The molecule has 0 bridgehead atoms. The molecule has 0 radical (unpaired) electrons. The predicted molar refractivity (Wildman–Crippen MR) is 75.0 cm³/mol. The second-order valence-electron chi connectivity index (χ2n) is 5.43. The van der Waals surface area contributed by atoms with E-state index in [9.17, 15) is 5.11 Å². The largest absolute Gasteiger partial charge is 0.392 e. The lowest BCUT2D eigenvalue weighted by Crippen LogP contribution is -2.27. The molecule has 0 amide bonds. The third-order valence-corrected chi connectivity index (χ3v) is 4.35. The molecule has 1 nitrogen and oxygen atoms in total. The fraction of sp³-hybridized carbons (Fsp3) is 0.600. The van der Waals surface area contributed by atoms with Crippen LogP contribution in [0.25, 0.3) is 0 Å². The summed E-state index contributed by atoms with van der Waals surface area (Å²) in [6.07, 6.45) is 5.61. The van der Waals surface area contributed by atoms with E-state index in [-0.39, 0.29) is 6.10 Å². The van der Waals surface area contributed by atoms with Gasteiger partial charge in [0.25, 0.3) is 0 Å². The van der Waals surface area contributed by atoms with E-state index in [0.717, 1.165) is 16.8 Å². The molecule has 1 aromatic rings. The summed E-state index contributed by atoms with van der Waals surface area (Å²) in [6, 6.07) is 8.27. The Morgan fingerprint density at radius 1 is 1.41 bits per heavy atom. The lowest BCUT2D eigenvalue weighted by molar-refractivity contribution is 0.0720. The number of aliphatic hydroxyl groups excluding tert-OH is 1. The molecule has 1 aliphatic carbocycles. The molecule has 1 saturated carbocycles. The number of benzene rings is 1. The fourth-order valence-corrected chi connectivity index (χ4v) is 3.35. The Morgan fingerprint density at radius 2 is 2.24 bits per heavy atom. The third-order valence-electron chi connectivity index (χ3n) is 3.85. The molecule has 3 atom stereocenters. The van der Waals surface area contributed by atoms with Crippen LogP contribution in [0.15, 0.2) is 28.7 Å². The standard InChI is InChI=1S/C15H21BrO/c1-11-4-2-6-13(8-11)15(17)10-12-5-3-7-14(16)9-12/h3,5,7,9,11,13,15,17H,2,4,6,8,10H2,1H3. The second kappa shape index (κ2) is 6.01. The summed E-state index contributed by atoms with van der Waals surface area (Å²) in [5.41, 5.74) is 1.23. The highest BCUT2D eigenvalue weighted by Crippen LogP contribution is 2.32. The first-order valence-electron chi connectivity index (χ1n) is 6.57. The van der Waals surface area contributed by atoms with Crippen LogP contribution in [-0.2, 0) is 6.42 Å². The quantitative estimate of drug-likeness (QED) is 0.887. The van der Waals surface area contributed by atoms with E-state index < -0.39 is 0 Å². The summed E-state index contributed by atoms with van der Waals surface area (Å²) in [7, 11) is 0. The van der Waals surface area contributed by atoms with Gasteiger partial charge in [0.05, 0.1) is 6.10 Å². The maximum Gasteiger partial charge on any atom is 0.0608 e. The number of rotatable bonds is 3. The van der Waals surface area contributed by atoms with Gasteiger partial charge >= 0.3 is 0 Å². The minimum absolute atomic E-state index is 0.174. The van der Waals surface area contributed by atoms with Crippen LogP contribution in [0.3, 0.4) is 0 Å². The number of aliphatic hydroxyl groups is 1. The van der Waals surface area contributed by atoms with Crippen LogP contribution in [0.5, 0.6) is 0 Å². The summed E-state index contributed by atoms with van der Waals surface area (Å²) < 4.78 is 1.10. The SMILES string of the molecule is CC1CCCC(C(O)Cc2cccc(Br)c2)C1. The predicted octanol–water partition coefficient (Wildman–Crippen LogP) is 4.18. The Kier molecular flexibility index (Phi) is 4.63. The minimum Gasteiger partial charge on any atom is -0.392 e. The highest BCUT2D eigenvalue weighted by Gasteiger charge is 2.25. The second-order valence-corrected chi connectivity index (χ2v) is 6.35. The molecular weight excluding hydrogens is 276 g/mol. The van der Waals surface area contributed by atoms with E-state index in [0.29, 0.717) is 5.92 Å². The molecule has 0 aliphatic heterocycles. The Hall–Kier alpha value is -0.340. The molecule has 2 rings (SSSR count). The minimum atomic E-state index is -0.174. The van der Waals surface area contributed by atoms with E-state index in [2.05, 4.69) is 35.0 Å². The average molecular weight is 297 g/mol. The number of hydrogen-bond acceptors (Lipinski definition) is 1. The molecule has 94 valence electrons. The van der Waals surface area contributed by atoms with Crippen molar-refractivity contribution < 1.29 is 5.11 Å². The van der Waals surface area contributed by atoms with Gasteiger partial charge in [0, 0.05) is 4.47 Å². The van der Waals surface area contributed by atoms with Crippen LogP contribution in [0, 0.1) is 11.8 Å². The van der Waals surface area contributed by atoms with Crippen LogP contribution in [0.4, 0.5) is 0 Å². The topological polar surface area (TPSA) is 20.2 Å². The smallest absolute Gasteiger partial charge is 0.0608 e. The Balaban J connectivity index is 1.94. The van der Waals surface area contributed by atoms with Gasteiger partial charge in [-0.2, -0.15) is 0 Å². The maximum atomic E-state index is 10.3. The molecule has 1 N–H and O–H groups in total. The summed E-state index contributed by atoms with van der Waals surface area (Å²) >= 11 is 3.48. The van der Waals surface area contributed by atoms with E-state index in [1.807, 2.05) is 12.1 Å². The first-order valence-corrected chi connectivity index (χ1v) is 7.37. The van der Waals surface area contributed by atoms with Gasteiger partial charge in [-0.15, -0.1) is 0 Å². The van der Waals surface area contributed by atoms with Crippen molar-refractivity contribution in [3.05, 3.63) is 34.3 Å². The summed E-state index contributed by atoms with van der Waals surface area (Å²) in [4.78, 5) is 0. The molecule has 0 saturated heterocycles. The molecule has 17 heavy (non-hydrogen) atoms. The van der Waals surface area contributed by atoms with Crippen molar-refractivity contribution in [2.24, 2.45) is 11.8 Å². The van der Waals surface area contributed by atoms with Crippen LogP contribution < -0.4 is 0 Å². The van der Waals surface area contributed by atoms with Crippen molar-refractivity contribution in [1.29, 1.82) is 0 Å². The van der Waals surface area contributed by atoms with Crippen molar-refractivity contribution >= 4 is 15.9 Å². The van der Waals surface area contributed by atoms with Crippen LogP contribution in [-0.4, -0.2) is 11.2 Å². The van der Waals surface area contributed by atoms with Crippen LogP contribution in [0.2, 0.25) is 0 Å². The Labute approximate surface area is 112 Å². The zero-order valence-corrected chi connectivity index (χ0v) is 12.0. The van der Waals surface area contributed by atoms with Gasteiger partial charge in [0.1, 0.15) is 0 Å². The molecule has 3 unspecified atom stereocenters. The summed E-state index contributed by atoms with van der Waals surface area (Å²) in [5, 5.41) is 10.3. The van der Waals surface area contributed by atoms with Gasteiger partial charge < -0.3 is 5.11 Å². The molecule has 1 aliphatic rings. The molecule has 1 aromatic carbocycles. The summed E-state index contributed by atoms with van der Waals surface area (Å²) in [6.45, 7) is 2.30. The number of halogens is 1. The maximum absolute atomic E-state index is 10.3. The molecule has 0 heterocycles. The van der Waals surface area contributed by atoms with Gasteiger partial charge in [-0.3, -0.25) is 0 Å². The zero-order chi connectivity index (χ0) is 12.3. The van der Waals surface area contributed by atoms with E-state index in [4.69, 9.17) is 0 Å².